The van der Waals surface area contributed by atoms with Gasteiger partial charge in [-0.2, -0.15) is 0 Å². The van der Waals surface area contributed by atoms with Crippen LogP contribution in [0.3, 0.4) is 0 Å². The number of nitrogens with one attached hydrogen (secondary N) is 1. The average molecular weight is 1070 g/mol. The molecule has 446 valence electrons. The van der Waals surface area contributed by atoms with Crippen molar-refractivity contribution < 1.29 is 50.0 Å². The SMILES string of the molecule is CCCCCCCCCCCCCC/C=C/CCCC(O)C(O)C(COC1OC(CO)C(O)C(O)C1O)NC(=O)C(O)CCCCCCCCCCCCCCCCCCCCCCCCCCCCCCCCC. The minimum absolute atomic E-state index is 0.260. The Morgan fingerprint density at radius 3 is 1.15 bits per heavy atom. The van der Waals surface area contributed by atoms with Crippen molar-refractivity contribution >= 4 is 5.91 Å². The van der Waals surface area contributed by atoms with E-state index in [4.69, 9.17) is 9.47 Å². The first-order valence-corrected chi connectivity index (χ1v) is 32.6. The van der Waals surface area contributed by atoms with Crippen LogP contribution in [0.5, 0.6) is 0 Å². The third-order valence-electron chi connectivity index (χ3n) is 16.1. The van der Waals surface area contributed by atoms with Crippen LogP contribution in [0.4, 0.5) is 0 Å². The Morgan fingerprint density at radius 1 is 0.453 bits per heavy atom. The van der Waals surface area contributed by atoms with Gasteiger partial charge >= 0.3 is 0 Å². The molecule has 1 heterocycles. The predicted molar refractivity (Wildman–Crippen MR) is 312 cm³/mol. The van der Waals surface area contributed by atoms with Crippen molar-refractivity contribution in [2.75, 3.05) is 13.2 Å². The second-order valence-corrected chi connectivity index (χ2v) is 23.2. The summed E-state index contributed by atoms with van der Waals surface area (Å²) in [7, 11) is 0. The van der Waals surface area contributed by atoms with E-state index in [0.29, 0.717) is 12.8 Å². The van der Waals surface area contributed by atoms with Gasteiger partial charge in [0.1, 0.15) is 36.6 Å². The van der Waals surface area contributed by atoms with Crippen LogP contribution in [0.15, 0.2) is 12.2 Å². The van der Waals surface area contributed by atoms with Crippen LogP contribution < -0.4 is 5.32 Å². The fraction of sp³-hybridized carbons (Fsp3) is 0.953. The van der Waals surface area contributed by atoms with Crippen LogP contribution >= 0.6 is 0 Å². The minimum Gasteiger partial charge on any atom is -0.394 e. The normalized spacial score (nSPS) is 19.7. The first-order chi connectivity index (χ1) is 36.7. The van der Waals surface area contributed by atoms with Crippen molar-refractivity contribution in [3.8, 4) is 0 Å². The monoisotopic (exact) mass is 1070 g/mol. The molecule has 0 aromatic rings. The smallest absolute Gasteiger partial charge is 0.249 e. The summed E-state index contributed by atoms with van der Waals surface area (Å²) in [4.78, 5) is 13.2. The molecule has 75 heavy (non-hydrogen) atoms. The van der Waals surface area contributed by atoms with Crippen LogP contribution in [0.25, 0.3) is 0 Å². The molecule has 11 heteroatoms. The van der Waals surface area contributed by atoms with E-state index in [-0.39, 0.29) is 12.8 Å². The number of aliphatic hydroxyl groups excluding tert-OH is 7. The molecule has 1 fully saturated rings. The summed E-state index contributed by atoms with van der Waals surface area (Å²) in [6, 6.07) is -1.18. The lowest BCUT2D eigenvalue weighted by Crippen LogP contribution is -2.60. The largest absolute Gasteiger partial charge is 0.394 e. The highest BCUT2D eigenvalue weighted by molar-refractivity contribution is 5.80. The maximum absolute atomic E-state index is 13.2. The van der Waals surface area contributed by atoms with E-state index >= 15 is 0 Å². The second-order valence-electron chi connectivity index (χ2n) is 23.2. The predicted octanol–water partition coefficient (Wildman–Crippen LogP) is 14.7. The highest BCUT2D eigenvalue weighted by Crippen LogP contribution is 2.24. The molecule has 1 rings (SSSR count). The van der Waals surface area contributed by atoms with Crippen LogP contribution in [0, 0.1) is 0 Å². The van der Waals surface area contributed by atoms with Crippen molar-refractivity contribution in [2.24, 2.45) is 0 Å². The molecule has 11 nitrogen and oxygen atoms in total. The van der Waals surface area contributed by atoms with Gasteiger partial charge in [-0.15, -0.1) is 0 Å². The summed E-state index contributed by atoms with van der Waals surface area (Å²) in [5.74, 6) is -0.699. The van der Waals surface area contributed by atoms with Crippen molar-refractivity contribution in [1.29, 1.82) is 0 Å². The molecule has 0 spiro atoms. The van der Waals surface area contributed by atoms with Crippen molar-refractivity contribution in [1.82, 2.24) is 5.32 Å². The van der Waals surface area contributed by atoms with E-state index in [1.165, 1.54) is 244 Å². The average Bonchev–Trinajstić information content (AvgIpc) is 3.41. The topological polar surface area (TPSA) is 189 Å². The van der Waals surface area contributed by atoms with Crippen molar-refractivity contribution in [3.63, 3.8) is 0 Å². The number of unbranched alkanes of at least 4 members (excludes halogenated alkanes) is 43. The molecule has 1 aliphatic heterocycles. The van der Waals surface area contributed by atoms with E-state index in [2.05, 4.69) is 31.3 Å². The van der Waals surface area contributed by atoms with Gasteiger partial charge in [-0.1, -0.05) is 296 Å². The van der Waals surface area contributed by atoms with Crippen molar-refractivity contribution in [3.05, 3.63) is 12.2 Å². The van der Waals surface area contributed by atoms with Gasteiger partial charge < -0.3 is 50.5 Å². The summed E-state index contributed by atoms with van der Waals surface area (Å²) in [6.45, 7) is 3.49. The summed E-state index contributed by atoms with van der Waals surface area (Å²) < 4.78 is 11.2. The highest BCUT2D eigenvalue weighted by atomic mass is 16.7. The number of ether oxygens (including phenoxy) is 2. The third-order valence-corrected chi connectivity index (χ3v) is 16.1. The van der Waals surface area contributed by atoms with Gasteiger partial charge in [0.2, 0.25) is 5.91 Å². The van der Waals surface area contributed by atoms with E-state index in [1.807, 2.05) is 0 Å². The number of carbonyl (C=O) groups is 1. The van der Waals surface area contributed by atoms with Gasteiger partial charge in [-0.05, 0) is 38.5 Å². The van der Waals surface area contributed by atoms with E-state index < -0.39 is 74.2 Å². The van der Waals surface area contributed by atoms with E-state index in [9.17, 15) is 40.5 Å². The lowest BCUT2D eigenvalue weighted by molar-refractivity contribution is -0.303. The molecule has 0 saturated carbocycles. The number of allylic oxidation sites excluding steroid dienone is 2. The van der Waals surface area contributed by atoms with E-state index in [1.54, 1.807) is 0 Å². The Labute approximate surface area is 462 Å². The molecule has 0 aromatic carbocycles. The molecule has 0 aromatic heterocycles. The molecule has 1 amide bonds. The number of hydrogen-bond donors (Lipinski definition) is 8. The fourth-order valence-electron chi connectivity index (χ4n) is 10.8. The molecule has 1 aliphatic rings. The maximum atomic E-state index is 13.2. The summed E-state index contributed by atoms with van der Waals surface area (Å²) in [5, 5.41) is 76.2. The summed E-state index contributed by atoms with van der Waals surface area (Å²) >= 11 is 0. The maximum Gasteiger partial charge on any atom is 0.249 e. The summed E-state index contributed by atoms with van der Waals surface area (Å²) in [6.07, 6.45) is 53.0. The quantitative estimate of drug-likeness (QED) is 0.0215. The molecule has 0 radical (unpaired) electrons. The van der Waals surface area contributed by atoms with Crippen LogP contribution in [0.1, 0.15) is 322 Å². The molecule has 0 aliphatic carbocycles. The molecule has 0 bridgehead atoms. The molecular formula is C64H125NO10. The number of hydrogen-bond acceptors (Lipinski definition) is 10. The first-order valence-electron chi connectivity index (χ1n) is 32.6. The molecule has 1 saturated heterocycles. The Bertz CT molecular complexity index is 1220. The molecule has 8 N–H and O–H groups in total. The Morgan fingerprint density at radius 2 is 0.787 bits per heavy atom. The number of rotatable bonds is 57. The first kappa shape index (κ1) is 71.9. The standard InChI is InChI=1S/C64H125NO10/c1-3-5-7-9-11-13-15-17-19-21-22-23-24-25-26-27-28-29-30-31-32-33-34-36-38-40-42-44-46-48-50-52-57(68)63(73)65-55(54-74-64-62(72)61(71)60(70)58(53-66)75-64)59(69)56(67)51-49-47-45-43-41-39-37-35-20-18-16-14-12-10-8-6-4-2/h43,45,55-62,64,66-72H,3-42,44,46-54H2,1-2H3,(H,65,73)/b45-43+. The van der Waals surface area contributed by atoms with Crippen LogP contribution in [-0.2, 0) is 14.3 Å². The zero-order chi connectivity index (χ0) is 54.7. The van der Waals surface area contributed by atoms with Crippen LogP contribution in [0.2, 0.25) is 0 Å². The van der Waals surface area contributed by atoms with Crippen molar-refractivity contribution in [2.45, 2.75) is 377 Å². The summed E-state index contributed by atoms with van der Waals surface area (Å²) in [5.41, 5.74) is 0. The lowest BCUT2D eigenvalue weighted by Gasteiger charge is -2.40. The van der Waals surface area contributed by atoms with Gasteiger partial charge in [0, 0.05) is 0 Å². The third kappa shape index (κ3) is 41.5. The lowest BCUT2D eigenvalue weighted by atomic mass is 9.98. The molecule has 9 atom stereocenters. The van der Waals surface area contributed by atoms with Crippen LogP contribution in [-0.4, -0.2) is 110 Å². The Hall–Kier alpha value is -1.15. The molecular weight excluding hydrogens is 943 g/mol. The number of aliphatic hydroxyl groups is 7. The van der Waals surface area contributed by atoms with Gasteiger partial charge in [-0.25, -0.2) is 0 Å². The molecule has 9 unspecified atom stereocenters. The second kappa shape index (κ2) is 53.5. The van der Waals surface area contributed by atoms with Gasteiger partial charge in [0.25, 0.3) is 0 Å². The Kier molecular flexibility index (Phi) is 51.3. The van der Waals surface area contributed by atoms with Gasteiger partial charge in [0.05, 0.1) is 25.4 Å². The number of carbonyl (C=O) groups excluding carboxylic acids is 1. The number of amides is 1. The fourth-order valence-corrected chi connectivity index (χ4v) is 10.8. The minimum atomic E-state index is -1.67. The highest BCUT2D eigenvalue weighted by Gasteiger charge is 2.44. The Balaban J connectivity index is 2.19. The zero-order valence-corrected chi connectivity index (χ0v) is 49.1. The zero-order valence-electron chi connectivity index (χ0n) is 49.1. The van der Waals surface area contributed by atoms with E-state index in [0.717, 1.165) is 38.5 Å². The van der Waals surface area contributed by atoms with Gasteiger partial charge in [-0.3, -0.25) is 4.79 Å². The van der Waals surface area contributed by atoms with Gasteiger partial charge in [0.15, 0.2) is 6.29 Å².